The molecule has 0 saturated heterocycles. The van der Waals surface area contributed by atoms with E-state index in [0.717, 1.165) is 38.0 Å². The van der Waals surface area contributed by atoms with Crippen LogP contribution in [-0.4, -0.2) is 18.0 Å². The molecule has 82 valence electrons. The predicted octanol–water partition coefficient (Wildman–Crippen LogP) is 2.77. The van der Waals surface area contributed by atoms with Crippen LogP contribution < -0.4 is 0 Å². The smallest absolute Gasteiger partial charge is 0.126 e. The minimum absolute atomic E-state index is 0.0267. The molecule has 0 unspecified atom stereocenters. The summed E-state index contributed by atoms with van der Waals surface area (Å²) < 4.78 is 13.5. The van der Waals surface area contributed by atoms with Gasteiger partial charge in [0.05, 0.1) is 0 Å². The molecule has 1 nitrogen and oxygen atoms in total. The molecular weight excluding hydrogens is 189 g/mol. The van der Waals surface area contributed by atoms with Gasteiger partial charge in [0.1, 0.15) is 5.82 Å². The second kappa shape index (κ2) is 4.31. The average Bonchev–Trinajstić information content (AvgIpc) is 2.27. The van der Waals surface area contributed by atoms with Crippen LogP contribution in [0.15, 0.2) is 12.1 Å². The van der Waals surface area contributed by atoms with E-state index < -0.39 is 0 Å². The van der Waals surface area contributed by atoms with Crippen molar-refractivity contribution < 1.29 is 4.39 Å². The molecule has 1 aliphatic rings. The molecule has 15 heavy (non-hydrogen) atoms. The van der Waals surface area contributed by atoms with E-state index in [9.17, 15) is 4.39 Å². The van der Waals surface area contributed by atoms with Gasteiger partial charge in [-0.2, -0.15) is 0 Å². The summed E-state index contributed by atoms with van der Waals surface area (Å²) in [6, 6.07) is 3.79. The van der Waals surface area contributed by atoms with Crippen molar-refractivity contribution in [2.24, 2.45) is 0 Å². The molecule has 0 bridgehead atoms. The number of aryl methyl sites for hydroxylation is 1. The summed E-state index contributed by atoms with van der Waals surface area (Å²) in [7, 11) is 0. The molecule has 0 saturated carbocycles. The molecule has 0 aliphatic carbocycles. The van der Waals surface area contributed by atoms with E-state index in [1.807, 2.05) is 13.0 Å². The molecule has 0 amide bonds. The quantitative estimate of drug-likeness (QED) is 0.720. The average molecular weight is 207 g/mol. The zero-order chi connectivity index (χ0) is 10.8. The van der Waals surface area contributed by atoms with Gasteiger partial charge in [0.2, 0.25) is 0 Å². The molecule has 0 radical (unpaired) electrons. The van der Waals surface area contributed by atoms with Crippen molar-refractivity contribution in [1.82, 2.24) is 4.90 Å². The van der Waals surface area contributed by atoms with E-state index in [2.05, 4.69) is 11.8 Å². The van der Waals surface area contributed by atoms with Gasteiger partial charge in [-0.15, -0.1) is 0 Å². The number of nitrogens with zero attached hydrogens (tertiary/aromatic N) is 1. The lowest BCUT2D eigenvalue weighted by Crippen LogP contribution is -2.30. The van der Waals surface area contributed by atoms with Gasteiger partial charge in [0, 0.05) is 13.1 Å². The first kappa shape index (κ1) is 10.6. The van der Waals surface area contributed by atoms with Gasteiger partial charge in [0.15, 0.2) is 0 Å². The first-order valence-corrected chi connectivity index (χ1v) is 5.77. The molecule has 1 heterocycles. The summed E-state index contributed by atoms with van der Waals surface area (Å²) >= 11 is 0. The van der Waals surface area contributed by atoms with Gasteiger partial charge < -0.3 is 0 Å². The topological polar surface area (TPSA) is 3.24 Å². The molecule has 1 aromatic carbocycles. The van der Waals surface area contributed by atoms with Crippen LogP contribution >= 0.6 is 0 Å². The molecule has 0 aromatic heterocycles. The lowest BCUT2D eigenvalue weighted by molar-refractivity contribution is 0.267. The molecule has 0 fully saturated rings. The maximum absolute atomic E-state index is 13.5. The summed E-state index contributed by atoms with van der Waals surface area (Å²) in [6.07, 6.45) is 1.77. The Kier molecular flexibility index (Phi) is 3.06. The number of hydrogen-bond donors (Lipinski definition) is 0. The molecule has 0 N–H and O–H groups in total. The van der Waals surface area contributed by atoms with Gasteiger partial charge in [-0.25, -0.2) is 4.39 Å². The third kappa shape index (κ3) is 2.05. The molecule has 1 aromatic rings. The second-order valence-electron chi connectivity index (χ2n) is 4.18. The van der Waals surface area contributed by atoms with E-state index in [0.29, 0.717) is 0 Å². The Morgan fingerprint density at radius 2 is 2.07 bits per heavy atom. The van der Waals surface area contributed by atoms with Crippen LogP contribution in [-0.2, 0) is 19.4 Å². The van der Waals surface area contributed by atoms with Crippen LogP contribution in [0, 0.1) is 5.82 Å². The van der Waals surface area contributed by atoms with Crippen molar-refractivity contribution in [2.75, 3.05) is 13.1 Å². The predicted molar refractivity (Wildman–Crippen MR) is 60.4 cm³/mol. The van der Waals surface area contributed by atoms with Crippen LogP contribution in [0.25, 0.3) is 0 Å². The zero-order valence-corrected chi connectivity index (χ0v) is 9.52. The van der Waals surface area contributed by atoms with Gasteiger partial charge in [-0.3, -0.25) is 4.90 Å². The van der Waals surface area contributed by atoms with E-state index in [-0.39, 0.29) is 5.82 Å². The van der Waals surface area contributed by atoms with Crippen LogP contribution in [0.4, 0.5) is 4.39 Å². The van der Waals surface area contributed by atoms with Gasteiger partial charge >= 0.3 is 0 Å². The van der Waals surface area contributed by atoms with Crippen molar-refractivity contribution >= 4 is 0 Å². The number of rotatable bonds is 2. The van der Waals surface area contributed by atoms with Crippen molar-refractivity contribution in [3.8, 4) is 0 Å². The van der Waals surface area contributed by atoms with Crippen LogP contribution in [0.2, 0.25) is 0 Å². The SMILES string of the molecule is CCc1cc2c(cc1F)CCN(CC)C2. The number of hydrogen-bond acceptors (Lipinski definition) is 1. The summed E-state index contributed by atoms with van der Waals surface area (Å²) in [4.78, 5) is 2.40. The maximum atomic E-state index is 13.5. The first-order valence-electron chi connectivity index (χ1n) is 5.77. The number of likely N-dealkylation sites (N-methyl/N-ethyl adjacent to an activating group) is 1. The highest BCUT2D eigenvalue weighted by Crippen LogP contribution is 2.22. The third-order valence-electron chi connectivity index (χ3n) is 3.29. The largest absolute Gasteiger partial charge is 0.299 e. The highest BCUT2D eigenvalue weighted by atomic mass is 19.1. The highest BCUT2D eigenvalue weighted by Gasteiger charge is 2.16. The van der Waals surface area contributed by atoms with Crippen LogP contribution in [0.3, 0.4) is 0 Å². The number of halogens is 1. The Hall–Kier alpha value is -0.890. The Balaban J connectivity index is 2.33. The number of fused-ring (bicyclic) bond motifs is 1. The molecule has 0 atom stereocenters. The summed E-state index contributed by atoms with van der Waals surface area (Å²) in [5, 5.41) is 0. The standard InChI is InChI=1S/C13H18FN/c1-3-10-7-12-9-15(4-2)6-5-11(12)8-13(10)14/h7-8H,3-6,9H2,1-2H3. The summed E-state index contributed by atoms with van der Waals surface area (Å²) in [5.41, 5.74) is 3.38. The lowest BCUT2D eigenvalue weighted by atomic mass is 9.96. The van der Waals surface area contributed by atoms with E-state index in [1.165, 1.54) is 11.1 Å². The normalized spacial score (nSPS) is 16.5. The minimum Gasteiger partial charge on any atom is -0.299 e. The fourth-order valence-electron chi connectivity index (χ4n) is 2.23. The fourth-order valence-corrected chi connectivity index (χ4v) is 2.23. The lowest BCUT2D eigenvalue weighted by Gasteiger charge is -2.28. The zero-order valence-electron chi connectivity index (χ0n) is 9.52. The molecule has 1 aliphatic heterocycles. The highest BCUT2D eigenvalue weighted by molar-refractivity contribution is 5.35. The fraction of sp³-hybridized carbons (Fsp3) is 0.538. The van der Waals surface area contributed by atoms with Crippen LogP contribution in [0.1, 0.15) is 30.5 Å². The minimum atomic E-state index is -0.0267. The van der Waals surface area contributed by atoms with Crippen molar-refractivity contribution in [3.05, 3.63) is 34.6 Å². The van der Waals surface area contributed by atoms with Gasteiger partial charge in [0.25, 0.3) is 0 Å². The monoisotopic (exact) mass is 207 g/mol. The third-order valence-corrected chi connectivity index (χ3v) is 3.29. The molecule has 2 heteroatoms. The van der Waals surface area contributed by atoms with E-state index in [1.54, 1.807) is 6.07 Å². The summed E-state index contributed by atoms with van der Waals surface area (Å²) in [5.74, 6) is -0.0267. The number of benzene rings is 1. The molecule has 0 spiro atoms. The Morgan fingerprint density at radius 1 is 1.27 bits per heavy atom. The van der Waals surface area contributed by atoms with E-state index >= 15 is 0 Å². The Bertz CT molecular complexity index is 360. The van der Waals surface area contributed by atoms with Crippen molar-refractivity contribution in [1.29, 1.82) is 0 Å². The second-order valence-corrected chi connectivity index (χ2v) is 4.18. The van der Waals surface area contributed by atoms with E-state index in [4.69, 9.17) is 0 Å². The van der Waals surface area contributed by atoms with Gasteiger partial charge in [-0.05, 0) is 42.1 Å². The van der Waals surface area contributed by atoms with Gasteiger partial charge in [-0.1, -0.05) is 19.9 Å². The van der Waals surface area contributed by atoms with Crippen molar-refractivity contribution in [3.63, 3.8) is 0 Å². The molecular formula is C13H18FN. The Morgan fingerprint density at radius 3 is 2.73 bits per heavy atom. The van der Waals surface area contributed by atoms with Crippen LogP contribution in [0.5, 0.6) is 0 Å². The summed E-state index contributed by atoms with van der Waals surface area (Å²) in [6.45, 7) is 7.31. The maximum Gasteiger partial charge on any atom is 0.126 e. The van der Waals surface area contributed by atoms with Crippen molar-refractivity contribution in [2.45, 2.75) is 33.2 Å². The first-order chi connectivity index (χ1) is 7.24. The Labute approximate surface area is 90.9 Å². The molecule has 2 rings (SSSR count).